The normalized spacial score (nSPS) is 27.0. The first kappa shape index (κ1) is 16.7. The number of hydrogen-bond acceptors (Lipinski definition) is 4. The first-order valence-electron chi connectivity index (χ1n) is 7.04. The van der Waals surface area contributed by atoms with Crippen LogP contribution in [-0.2, 0) is 9.84 Å². The van der Waals surface area contributed by atoms with Crippen molar-refractivity contribution in [3.8, 4) is 0 Å². The van der Waals surface area contributed by atoms with Crippen LogP contribution in [0.3, 0.4) is 0 Å². The van der Waals surface area contributed by atoms with Crippen molar-refractivity contribution in [1.29, 1.82) is 0 Å². The zero-order valence-electron chi connectivity index (χ0n) is 12.1. The summed E-state index contributed by atoms with van der Waals surface area (Å²) in [6, 6.07) is 13.1. The Morgan fingerprint density at radius 1 is 0.957 bits per heavy atom. The molecule has 1 fully saturated rings. The van der Waals surface area contributed by atoms with Crippen LogP contribution in [0.15, 0.2) is 53.4 Å². The van der Waals surface area contributed by atoms with Gasteiger partial charge in [-0.05, 0) is 42.0 Å². The summed E-state index contributed by atoms with van der Waals surface area (Å²) in [5.41, 5.74) is 11.9. The topological polar surface area (TPSA) is 86.2 Å². The Morgan fingerprint density at radius 3 is 1.91 bits per heavy atom. The van der Waals surface area contributed by atoms with Crippen molar-refractivity contribution >= 4 is 33.0 Å². The molecule has 7 heteroatoms. The van der Waals surface area contributed by atoms with Gasteiger partial charge in [0, 0.05) is 22.5 Å². The highest BCUT2D eigenvalue weighted by molar-refractivity contribution is 7.92. The van der Waals surface area contributed by atoms with Crippen LogP contribution in [0.25, 0.3) is 0 Å². The SMILES string of the molecule is NC[C@@]1(N)[C@H](S(=O)(=O)c2ccc(Cl)cc2)[C@@H]1c1ccc(Cl)cc1. The molecule has 2 aromatic rings. The number of benzene rings is 2. The van der Waals surface area contributed by atoms with Crippen LogP contribution >= 0.6 is 23.2 Å². The van der Waals surface area contributed by atoms with Gasteiger partial charge in [-0.25, -0.2) is 8.42 Å². The van der Waals surface area contributed by atoms with Crippen LogP contribution in [0.5, 0.6) is 0 Å². The van der Waals surface area contributed by atoms with E-state index in [4.69, 9.17) is 34.7 Å². The Labute approximate surface area is 145 Å². The summed E-state index contributed by atoms with van der Waals surface area (Å²) in [4.78, 5) is 0.201. The van der Waals surface area contributed by atoms with Crippen LogP contribution in [0, 0.1) is 0 Å². The van der Waals surface area contributed by atoms with Gasteiger partial charge in [0.05, 0.1) is 15.7 Å². The maximum Gasteiger partial charge on any atom is 0.183 e. The minimum Gasteiger partial charge on any atom is -0.329 e. The summed E-state index contributed by atoms with van der Waals surface area (Å²) in [6.07, 6.45) is 0. The lowest BCUT2D eigenvalue weighted by atomic mass is 10.1. The van der Waals surface area contributed by atoms with Crippen molar-refractivity contribution in [2.24, 2.45) is 11.5 Å². The standard InChI is InChI=1S/C16H16Cl2N2O2S/c17-11-3-1-10(2-4-11)14-15(16(14,20)9-19)23(21,22)13-7-5-12(18)6-8-13/h1-8,14-15H,9,19-20H2/t14-,15+,16-/m0/s1. The number of sulfone groups is 1. The molecular formula is C16H16Cl2N2O2S. The molecule has 1 aliphatic rings. The minimum absolute atomic E-state index is 0.0811. The lowest BCUT2D eigenvalue weighted by Gasteiger charge is -2.09. The van der Waals surface area contributed by atoms with Crippen molar-refractivity contribution in [2.75, 3.05) is 6.54 Å². The van der Waals surface area contributed by atoms with E-state index in [1.807, 2.05) is 0 Å². The smallest absolute Gasteiger partial charge is 0.183 e. The molecule has 4 N–H and O–H groups in total. The van der Waals surface area contributed by atoms with Gasteiger partial charge in [-0.2, -0.15) is 0 Å². The predicted molar refractivity (Wildman–Crippen MR) is 92.6 cm³/mol. The van der Waals surface area contributed by atoms with E-state index in [1.54, 1.807) is 36.4 Å². The summed E-state index contributed by atoms with van der Waals surface area (Å²) in [7, 11) is -3.61. The summed E-state index contributed by atoms with van der Waals surface area (Å²) in [5, 5.41) is 0.302. The van der Waals surface area contributed by atoms with Crippen LogP contribution in [0.2, 0.25) is 10.0 Å². The van der Waals surface area contributed by atoms with Gasteiger partial charge in [0.2, 0.25) is 0 Å². The lowest BCUT2D eigenvalue weighted by molar-refractivity contribution is 0.586. The fourth-order valence-corrected chi connectivity index (χ4v) is 5.63. The molecule has 1 saturated carbocycles. The Hall–Kier alpha value is -1.11. The average molecular weight is 371 g/mol. The molecule has 2 aromatic carbocycles. The van der Waals surface area contributed by atoms with E-state index in [0.29, 0.717) is 10.0 Å². The molecule has 3 atom stereocenters. The third-order valence-electron chi connectivity index (χ3n) is 4.36. The zero-order chi connectivity index (χ0) is 16.8. The van der Waals surface area contributed by atoms with E-state index in [-0.39, 0.29) is 17.4 Å². The van der Waals surface area contributed by atoms with Crippen LogP contribution in [0.1, 0.15) is 11.5 Å². The molecule has 0 amide bonds. The Bertz CT molecular complexity index is 822. The molecule has 0 aromatic heterocycles. The maximum atomic E-state index is 12.9. The molecular weight excluding hydrogens is 355 g/mol. The molecule has 23 heavy (non-hydrogen) atoms. The zero-order valence-corrected chi connectivity index (χ0v) is 14.4. The molecule has 0 heterocycles. The van der Waals surface area contributed by atoms with Crippen LogP contribution < -0.4 is 11.5 Å². The monoisotopic (exact) mass is 370 g/mol. The fraction of sp³-hybridized carbons (Fsp3) is 0.250. The molecule has 3 rings (SSSR count). The van der Waals surface area contributed by atoms with Gasteiger partial charge in [0.15, 0.2) is 9.84 Å². The van der Waals surface area contributed by atoms with Crippen molar-refractivity contribution < 1.29 is 8.42 Å². The van der Waals surface area contributed by atoms with E-state index in [9.17, 15) is 8.42 Å². The molecule has 0 bridgehead atoms. The van der Waals surface area contributed by atoms with Crippen molar-refractivity contribution in [2.45, 2.75) is 21.6 Å². The minimum atomic E-state index is -3.61. The van der Waals surface area contributed by atoms with Crippen molar-refractivity contribution in [3.63, 3.8) is 0 Å². The van der Waals surface area contributed by atoms with Gasteiger partial charge >= 0.3 is 0 Å². The first-order valence-corrected chi connectivity index (χ1v) is 9.35. The van der Waals surface area contributed by atoms with Crippen LogP contribution in [-0.4, -0.2) is 25.8 Å². The molecule has 122 valence electrons. The van der Waals surface area contributed by atoms with Crippen molar-refractivity contribution in [3.05, 3.63) is 64.1 Å². The molecule has 0 saturated heterocycles. The van der Waals surface area contributed by atoms with E-state index in [2.05, 4.69) is 0 Å². The third kappa shape index (κ3) is 2.77. The molecule has 0 aliphatic heterocycles. The van der Waals surface area contributed by atoms with E-state index >= 15 is 0 Å². The molecule has 0 spiro atoms. The van der Waals surface area contributed by atoms with Crippen molar-refractivity contribution in [1.82, 2.24) is 0 Å². The summed E-state index contributed by atoms with van der Waals surface area (Å²) in [6.45, 7) is 0.0811. The molecule has 0 unspecified atom stereocenters. The van der Waals surface area contributed by atoms with Gasteiger partial charge in [0.1, 0.15) is 0 Å². The van der Waals surface area contributed by atoms with E-state index < -0.39 is 20.6 Å². The van der Waals surface area contributed by atoms with E-state index in [1.165, 1.54) is 12.1 Å². The first-order chi connectivity index (χ1) is 10.8. The van der Waals surface area contributed by atoms with Gasteiger partial charge in [0.25, 0.3) is 0 Å². The largest absolute Gasteiger partial charge is 0.329 e. The van der Waals surface area contributed by atoms with Gasteiger partial charge in [-0.15, -0.1) is 0 Å². The van der Waals surface area contributed by atoms with Crippen LogP contribution in [0.4, 0.5) is 0 Å². The number of nitrogens with two attached hydrogens (primary N) is 2. The highest BCUT2D eigenvalue weighted by Crippen LogP contribution is 2.55. The van der Waals surface area contributed by atoms with E-state index in [0.717, 1.165) is 5.56 Å². The number of rotatable bonds is 4. The molecule has 0 radical (unpaired) electrons. The predicted octanol–water partition coefficient (Wildman–Crippen LogP) is 2.59. The molecule has 4 nitrogen and oxygen atoms in total. The maximum absolute atomic E-state index is 12.9. The highest BCUT2D eigenvalue weighted by Gasteiger charge is 2.68. The number of hydrogen-bond donors (Lipinski definition) is 2. The summed E-state index contributed by atoms with van der Waals surface area (Å²) in [5.74, 6) is -0.356. The average Bonchev–Trinajstić information content (AvgIpc) is 3.16. The summed E-state index contributed by atoms with van der Waals surface area (Å²) >= 11 is 11.7. The number of halogens is 2. The quantitative estimate of drug-likeness (QED) is 0.865. The Balaban J connectivity index is 2.01. The lowest BCUT2D eigenvalue weighted by Crippen LogP contribution is -2.39. The van der Waals surface area contributed by atoms with Gasteiger partial charge < -0.3 is 11.5 Å². The third-order valence-corrected chi connectivity index (χ3v) is 7.17. The Morgan fingerprint density at radius 2 is 1.43 bits per heavy atom. The van der Waals surface area contributed by atoms with Gasteiger partial charge in [-0.1, -0.05) is 35.3 Å². The van der Waals surface area contributed by atoms with Gasteiger partial charge in [-0.3, -0.25) is 0 Å². The highest BCUT2D eigenvalue weighted by atomic mass is 35.5. The second-order valence-electron chi connectivity index (χ2n) is 5.77. The Kier molecular flexibility index (Phi) is 4.19. The molecule has 1 aliphatic carbocycles. The summed E-state index contributed by atoms with van der Waals surface area (Å²) < 4.78 is 25.9. The fourth-order valence-electron chi connectivity index (χ4n) is 3.06. The second-order valence-corrected chi connectivity index (χ2v) is 8.71. The second kappa shape index (κ2) is 5.76.